The molecule has 1 amide bonds. The molecule has 0 saturated carbocycles. The van der Waals surface area contributed by atoms with Gasteiger partial charge >= 0.3 is 0 Å². The fourth-order valence-electron chi connectivity index (χ4n) is 2.20. The second-order valence-electron chi connectivity index (χ2n) is 5.44. The summed E-state index contributed by atoms with van der Waals surface area (Å²) in [5.41, 5.74) is 1.73. The number of methoxy groups -OCH3 is 1. The average molecular weight is 313 g/mol. The highest BCUT2D eigenvalue weighted by Gasteiger charge is 2.13. The number of benzene rings is 2. The van der Waals surface area contributed by atoms with E-state index in [0.717, 1.165) is 17.7 Å². The Morgan fingerprint density at radius 3 is 2.57 bits per heavy atom. The van der Waals surface area contributed by atoms with Crippen LogP contribution in [0.3, 0.4) is 0 Å². The molecule has 0 aromatic heterocycles. The standard InChI is InChI=1S/C19H23NO3/c1-4-16(13-23-18-10-5-7-14(2)11-18)20-19(21)15-8-6-9-17(12-15)22-3/h5-12,16H,4,13H2,1-3H3,(H,20,21)/t16-/m1/s1. The second-order valence-corrected chi connectivity index (χ2v) is 5.44. The molecule has 2 aromatic carbocycles. The molecular weight excluding hydrogens is 290 g/mol. The van der Waals surface area contributed by atoms with Gasteiger partial charge in [-0.1, -0.05) is 25.1 Å². The van der Waals surface area contributed by atoms with Gasteiger partial charge in [0, 0.05) is 5.56 Å². The van der Waals surface area contributed by atoms with E-state index in [-0.39, 0.29) is 11.9 Å². The highest BCUT2D eigenvalue weighted by atomic mass is 16.5. The molecular formula is C19H23NO3. The summed E-state index contributed by atoms with van der Waals surface area (Å²) in [5.74, 6) is 1.37. The van der Waals surface area contributed by atoms with Gasteiger partial charge in [-0.05, 0) is 49.2 Å². The number of nitrogens with one attached hydrogen (secondary N) is 1. The summed E-state index contributed by atoms with van der Waals surface area (Å²) in [6, 6.07) is 15.0. The molecule has 0 aliphatic heterocycles. The van der Waals surface area contributed by atoms with E-state index < -0.39 is 0 Å². The number of carbonyl (C=O) groups is 1. The molecule has 4 nitrogen and oxygen atoms in total. The lowest BCUT2D eigenvalue weighted by Gasteiger charge is -2.18. The van der Waals surface area contributed by atoms with Gasteiger partial charge in [-0.3, -0.25) is 4.79 Å². The number of aryl methyl sites for hydroxylation is 1. The number of hydrogen-bond donors (Lipinski definition) is 1. The number of hydrogen-bond acceptors (Lipinski definition) is 3. The van der Waals surface area contributed by atoms with E-state index in [1.165, 1.54) is 0 Å². The molecule has 2 aromatic rings. The molecule has 0 spiro atoms. The van der Waals surface area contributed by atoms with Crippen LogP contribution in [0.1, 0.15) is 29.3 Å². The van der Waals surface area contributed by atoms with Crippen molar-refractivity contribution in [2.75, 3.05) is 13.7 Å². The Hall–Kier alpha value is -2.49. The minimum absolute atomic E-state index is 0.0470. The Kier molecular flexibility index (Phi) is 6.03. The molecule has 122 valence electrons. The molecule has 0 heterocycles. The molecule has 4 heteroatoms. The summed E-state index contributed by atoms with van der Waals surface area (Å²) in [7, 11) is 1.58. The van der Waals surface area contributed by atoms with Crippen molar-refractivity contribution in [1.29, 1.82) is 0 Å². The first-order chi connectivity index (χ1) is 11.1. The van der Waals surface area contributed by atoms with E-state index in [9.17, 15) is 4.79 Å². The molecule has 1 N–H and O–H groups in total. The van der Waals surface area contributed by atoms with Crippen LogP contribution in [-0.4, -0.2) is 25.7 Å². The summed E-state index contributed by atoms with van der Waals surface area (Å²) in [5, 5.41) is 3.00. The van der Waals surface area contributed by atoms with Crippen LogP contribution in [0.4, 0.5) is 0 Å². The maximum atomic E-state index is 12.3. The predicted molar refractivity (Wildman–Crippen MR) is 91.2 cm³/mol. The Balaban J connectivity index is 1.94. The number of carbonyl (C=O) groups excluding carboxylic acids is 1. The summed E-state index contributed by atoms with van der Waals surface area (Å²) in [6.07, 6.45) is 0.793. The van der Waals surface area contributed by atoms with E-state index in [2.05, 4.69) is 5.32 Å². The van der Waals surface area contributed by atoms with Crippen LogP contribution in [0.2, 0.25) is 0 Å². The molecule has 0 aliphatic rings. The first-order valence-electron chi connectivity index (χ1n) is 7.76. The molecule has 0 unspecified atom stereocenters. The van der Waals surface area contributed by atoms with Crippen molar-refractivity contribution in [3.8, 4) is 11.5 Å². The first kappa shape index (κ1) is 16.9. The SMILES string of the molecule is CC[C@H](COc1cccc(C)c1)NC(=O)c1cccc(OC)c1. The van der Waals surface area contributed by atoms with Crippen molar-refractivity contribution >= 4 is 5.91 Å². The summed E-state index contributed by atoms with van der Waals surface area (Å²) in [4.78, 5) is 12.3. The van der Waals surface area contributed by atoms with Crippen molar-refractivity contribution in [2.45, 2.75) is 26.3 Å². The van der Waals surface area contributed by atoms with Gasteiger partial charge in [-0.2, -0.15) is 0 Å². The molecule has 0 aliphatic carbocycles. The van der Waals surface area contributed by atoms with Crippen LogP contribution < -0.4 is 14.8 Å². The lowest BCUT2D eigenvalue weighted by Crippen LogP contribution is -2.38. The molecule has 0 saturated heterocycles. The third-order valence-electron chi connectivity index (χ3n) is 3.60. The monoisotopic (exact) mass is 313 g/mol. The minimum atomic E-state index is -0.122. The Bertz CT molecular complexity index is 655. The van der Waals surface area contributed by atoms with Gasteiger partial charge in [-0.25, -0.2) is 0 Å². The topological polar surface area (TPSA) is 47.6 Å². The number of rotatable bonds is 7. The van der Waals surface area contributed by atoms with Gasteiger partial charge in [0.2, 0.25) is 0 Å². The third-order valence-corrected chi connectivity index (χ3v) is 3.60. The fourth-order valence-corrected chi connectivity index (χ4v) is 2.20. The quantitative estimate of drug-likeness (QED) is 0.850. The zero-order valence-corrected chi connectivity index (χ0v) is 13.8. The maximum absolute atomic E-state index is 12.3. The second kappa shape index (κ2) is 8.22. The molecule has 0 radical (unpaired) electrons. The van der Waals surface area contributed by atoms with Gasteiger partial charge < -0.3 is 14.8 Å². The van der Waals surface area contributed by atoms with Gasteiger partial charge in [-0.15, -0.1) is 0 Å². The van der Waals surface area contributed by atoms with Gasteiger partial charge in [0.05, 0.1) is 13.2 Å². The van der Waals surface area contributed by atoms with E-state index in [1.807, 2.05) is 44.2 Å². The molecule has 2 rings (SSSR count). The Morgan fingerprint density at radius 2 is 1.87 bits per heavy atom. The van der Waals surface area contributed by atoms with Crippen LogP contribution in [0.15, 0.2) is 48.5 Å². The molecule has 1 atom stereocenters. The van der Waals surface area contributed by atoms with E-state index in [0.29, 0.717) is 17.9 Å². The van der Waals surface area contributed by atoms with E-state index in [4.69, 9.17) is 9.47 Å². The van der Waals surface area contributed by atoms with Crippen molar-refractivity contribution in [3.05, 3.63) is 59.7 Å². The van der Waals surface area contributed by atoms with Gasteiger partial charge in [0.1, 0.15) is 18.1 Å². The minimum Gasteiger partial charge on any atom is -0.497 e. The van der Waals surface area contributed by atoms with E-state index in [1.54, 1.807) is 25.3 Å². The highest BCUT2D eigenvalue weighted by Crippen LogP contribution is 2.14. The summed E-state index contributed by atoms with van der Waals surface area (Å²) < 4.78 is 10.9. The summed E-state index contributed by atoms with van der Waals surface area (Å²) in [6.45, 7) is 4.49. The predicted octanol–water partition coefficient (Wildman–Crippen LogP) is 3.59. The van der Waals surface area contributed by atoms with Crippen molar-refractivity contribution in [3.63, 3.8) is 0 Å². The van der Waals surface area contributed by atoms with Gasteiger partial charge in [0.15, 0.2) is 0 Å². The average Bonchev–Trinajstić information content (AvgIpc) is 2.58. The maximum Gasteiger partial charge on any atom is 0.251 e. The Morgan fingerprint density at radius 1 is 1.13 bits per heavy atom. The third kappa shape index (κ3) is 5.02. The fraction of sp³-hybridized carbons (Fsp3) is 0.316. The first-order valence-corrected chi connectivity index (χ1v) is 7.76. The number of amides is 1. The summed E-state index contributed by atoms with van der Waals surface area (Å²) >= 11 is 0. The van der Waals surface area contributed by atoms with E-state index >= 15 is 0 Å². The van der Waals surface area contributed by atoms with Crippen LogP contribution in [0.25, 0.3) is 0 Å². The normalized spacial score (nSPS) is 11.6. The highest BCUT2D eigenvalue weighted by molar-refractivity contribution is 5.94. The molecule has 0 fully saturated rings. The van der Waals surface area contributed by atoms with Crippen molar-refractivity contribution in [2.24, 2.45) is 0 Å². The Labute approximate surface area is 137 Å². The smallest absolute Gasteiger partial charge is 0.251 e. The van der Waals surface area contributed by atoms with Crippen LogP contribution in [0.5, 0.6) is 11.5 Å². The molecule has 0 bridgehead atoms. The lowest BCUT2D eigenvalue weighted by atomic mass is 10.1. The van der Waals surface area contributed by atoms with Crippen molar-refractivity contribution < 1.29 is 14.3 Å². The van der Waals surface area contributed by atoms with Gasteiger partial charge in [0.25, 0.3) is 5.91 Å². The van der Waals surface area contributed by atoms with Crippen LogP contribution >= 0.6 is 0 Å². The lowest BCUT2D eigenvalue weighted by molar-refractivity contribution is 0.0919. The zero-order valence-electron chi connectivity index (χ0n) is 13.8. The largest absolute Gasteiger partial charge is 0.497 e. The van der Waals surface area contributed by atoms with Crippen LogP contribution in [-0.2, 0) is 0 Å². The van der Waals surface area contributed by atoms with Crippen LogP contribution in [0, 0.1) is 6.92 Å². The number of ether oxygens (including phenoxy) is 2. The molecule has 23 heavy (non-hydrogen) atoms. The van der Waals surface area contributed by atoms with Crippen molar-refractivity contribution in [1.82, 2.24) is 5.32 Å². The zero-order chi connectivity index (χ0) is 16.7.